The number of rotatable bonds is 2. The standard InChI is InChI=1S/C20H15NO2/c22-18-13-21(17-8-2-1-3-9-17)20(23)19(18)16-11-10-14-6-4-5-7-15(14)12-16/h1-12,19H,13H2. The van der Waals surface area contributed by atoms with Crippen molar-refractivity contribution in [2.24, 2.45) is 0 Å². The van der Waals surface area contributed by atoms with Gasteiger partial charge in [-0.15, -0.1) is 0 Å². The number of amides is 1. The number of carbonyl (C=O) groups is 2. The zero-order valence-corrected chi connectivity index (χ0v) is 12.5. The van der Waals surface area contributed by atoms with E-state index < -0.39 is 5.92 Å². The lowest BCUT2D eigenvalue weighted by atomic mass is 9.94. The number of Topliss-reactive ketones (excluding diaryl/α,β-unsaturated/α-hetero) is 1. The van der Waals surface area contributed by atoms with Crippen LogP contribution in [0.3, 0.4) is 0 Å². The van der Waals surface area contributed by atoms with Crippen molar-refractivity contribution >= 4 is 28.2 Å². The van der Waals surface area contributed by atoms with Crippen LogP contribution in [0, 0.1) is 0 Å². The number of para-hydroxylation sites is 1. The number of hydrogen-bond acceptors (Lipinski definition) is 2. The van der Waals surface area contributed by atoms with E-state index in [2.05, 4.69) is 0 Å². The molecule has 1 atom stereocenters. The summed E-state index contributed by atoms with van der Waals surface area (Å²) in [4.78, 5) is 26.8. The highest BCUT2D eigenvalue weighted by Gasteiger charge is 2.40. The molecule has 0 radical (unpaired) electrons. The third-order valence-corrected chi connectivity index (χ3v) is 4.32. The lowest BCUT2D eigenvalue weighted by Crippen LogP contribution is -2.26. The molecule has 0 N–H and O–H groups in total. The molecule has 112 valence electrons. The number of fused-ring (bicyclic) bond motifs is 1. The Hall–Kier alpha value is -2.94. The van der Waals surface area contributed by atoms with Gasteiger partial charge in [0.25, 0.3) is 0 Å². The summed E-state index contributed by atoms with van der Waals surface area (Å²) in [6.07, 6.45) is 0. The van der Waals surface area contributed by atoms with E-state index in [0.29, 0.717) is 0 Å². The molecule has 0 aromatic heterocycles. The van der Waals surface area contributed by atoms with Gasteiger partial charge in [0.1, 0.15) is 5.92 Å². The molecule has 3 heteroatoms. The number of hydrogen-bond donors (Lipinski definition) is 0. The maximum atomic E-state index is 12.8. The minimum atomic E-state index is -0.695. The van der Waals surface area contributed by atoms with Crippen molar-refractivity contribution in [3.63, 3.8) is 0 Å². The van der Waals surface area contributed by atoms with Gasteiger partial charge in [-0.3, -0.25) is 9.59 Å². The summed E-state index contributed by atoms with van der Waals surface area (Å²) in [5.41, 5.74) is 1.55. The highest BCUT2D eigenvalue weighted by atomic mass is 16.2. The van der Waals surface area contributed by atoms with Gasteiger partial charge in [-0.2, -0.15) is 0 Å². The summed E-state index contributed by atoms with van der Waals surface area (Å²) in [5, 5.41) is 2.15. The monoisotopic (exact) mass is 301 g/mol. The van der Waals surface area contributed by atoms with Crippen LogP contribution in [0.25, 0.3) is 10.8 Å². The molecule has 1 heterocycles. The van der Waals surface area contributed by atoms with Crippen LogP contribution in [0.2, 0.25) is 0 Å². The van der Waals surface area contributed by atoms with Gasteiger partial charge in [0.2, 0.25) is 5.91 Å². The second-order valence-corrected chi connectivity index (χ2v) is 5.77. The molecule has 1 fully saturated rings. The van der Waals surface area contributed by atoms with Gasteiger partial charge >= 0.3 is 0 Å². The van der Waals surface area contributed by atoms with Crippen LogP contribution >= 0.6 is 0 Å². The fourth-order valence-corrected chi connectivity index (χ4v) is 3.16. The first-order valence-electron chi connectivity index (χ1n) is 7.62. The summed E-state index contributed by atoms with van der Waals surface area (Å²) in [7, 11) is 0. The van der Waals surface area contributed by atoms with E-state index in [9.17, 15) is 9.59 Å². The van der Waals surface area contributed by atoms with Gasteiger partial charge < -0.3 is 4.90 Å². The second kappa shape index (κ2) is 5.36. The molecule has 0 bridgehead atoms. The molecular weight excluding hydrogens is 286 g/mol. The Kier molecular flexibility index (Phi) is 3.19. The third kappa shape index (κ3) is 2.30. The summed E-state index contributed by atoms with van der Waals surface area (Å²) >= 11 is 0. The van der Waals surface area contributed by atoms with E-state index >= 15 is 0 Å². The predicted molar refractivity (Wildman–Crippen MR) is 90.5 cm³/mol. The van der Waals surface area contributed by atoms with Crippen LogP contribution < -0.4 is 4.90 Å². The zero-order valence-electron chi connectivity index (χ0n) is 12.5. The van der Waals surface area contributed by atoms with Gasteiger partial charge in [0.15, 0.2) is 5.78 Å². The molecule has 1 saturated heterocycles. The molecule has 3 aromatic carbocycles. The number of anilines is 1. The molecule has 1 amide bonds. The van der Waals surface area contributed by atoms with Crippen LogP contribution in [0.4, 0.5) is 5.69 Å². The van der Waals surface area contributed by atoms with Crippen molar-refractivity contribution in [2.45, 2.75) is 5.92 Å². The van der Waals surface area contributed by atoms with Crippen molar-refractivity contribution in [2.75, 3.05) is 11.4 Å². The fraction of sp³-hybridized carbons (Fsp3) is 0.100. The topological polar surface area (TPSA) is 37.4 Å². The van der Waals surface area contributed by atoms with Crippen molar-refractivity contribution in [3.8, 4) is 0 Å². The van der Waals surface area contributed by atoms with E-state index in [1.54, 1.807) is 4.90 Å². The first kappa shape index (κ1) is 13.7. The van der Waals surface area contributed by atoms with Crippen molar-refractivity contribution in [3.05, 3.63) is 78.4 Å². The number of nitrogens with zero attached hydrogens (tertiary/aromatic N) is 1. The lowest BCUT2D eigenvalue weighted by Gasteiger charge is -2.15. The Balaban J connectivity index is 1.73. The molecule has 0 aliphatic carbocycles. The first-order chi connectivity index (χ1) is 11.2. The van der Waals surface area contributed by atoms with Crippen LogP contribution in [0.1, 0.15) is 11.5 Å². The Morgan fingerprint density at radius 3 is 2.26 bits per heavy atom. The van der Waals surface area contributed by atoms with E-state index in [1.165, 1.54) is 0 Å². The fourth-order valence-electron chi connectivity index (χ4n) is 3.16. The molecular formula is C20H15NO2. The Morgan fingerprint density at radius 2 is 1.48 bits per heavy atom. The Labute approximate surface area is 134 Å². The quantitative estimate of drug-likeness (QED) is 0.679. The van der Waals surface area contributed by atoms with Gasteiger partial charge in [-0.1, -0.05) is 54.6 Å². The van der Waals surface area contributed by atoms with Gasteiger partial charge in [0, 0.05) is 5.69 Å². The average Bonchev–Trinajstić information content (AvgIpc) is 2.90. The molecule has 23 heavy (non-hydrogen) atoms. The number of benzene rings is 3. The van der Waals surface area contributed by atoms with Crippen molar-refractivity contribution < 1.29 is 9.59 Å². The van der Waals surface area contributed by atoms with Crippen LogP contribution in [0.15, 0.2) is 72.8 Å². The van der Waals surface area contributed by atoms with Crippen LogP contribution in [-0.2, 0) is 9.59 Å². The molecule has 1 aliphatic rings. The molecule has 4 rings (SSSR count). The maximum Gasteiger partial charge on any atom is 0.242 e. The summed E-state index contributed by atoms with van der Waals surface area (Å²) < 4.78 is 0. The van der Waals surface area contributed by atoms with Crippen molar-refractivity contribution in [1.82, 2.24) is 0 Å². The average molecular weight is 301 g/mol. The largest absolute Gasteiger partial charge is 0.304 e. The summed E-state index contributed by atoms with van der Waals surface area (Å²) in [5.74, 6) is -0.884. The summed E-state index contributed by atoms with van der Waals surface area (Å²) in [6.45, 7) is 0.139. The smallest absolute Gasteiger partial charge is 0.242 e. The molecule has 3 aromatic rings. The molecule has 1 aliphatic heterocycles. The molecule has 0 saturated carbocycles. The SMILES string of the molecule is O=C1CN(c2ccccc2)C(=O)C1c1ccc2ccccc2c1. The highest BCUT2D eigenvalue weighted by Crippen LogP contribution is 2.31. The van der Waals surface area contributed by atoms with Crippen LogP contribution in [-0.4, -0.2) is 18.2 Å². The maximum absolute atomic E-state index is 12.8. The Morgan fingerprint density at radius 1 is 0.783 bits per heavy atom. The Bertz CT molecular complexity index is 902. The molecule has 0 spiro atoms. The molecule has 1 unspecified atom stereocenters. The minimum Gasteiger partial charge on any atom is -0.304 e. The second-order valence-electron chi connectivity index (χ2n) is 5.77. The van der Waals surface area contributed by atoms with Crippen LogP contribution in [0.5, 0.6) is 0 Å². The number of ketones is 1. The van der Waals surface area contributed by atoms with E-state index in [1.807, 2.05) is 72.8 Å². The van der Waals surface area contributed by atoms with E-state index in [-0.39, 0.29) is 18.2 Å². The first-order valence-corrected chi connectivity index (χ1v) is 7.62. The van der Waals surface area contributed by atoms with Gasteiger partial charge in [-0.05, 0) is 34.5 Å². The number of carbonyl (C=O) groups excluding carboxylic acids is 2. The summed E-state index contributed by atoms with van der Waals surface area (Å²) in [6, 6.07) is 23.1. The van der Waals surface area contributed by atoms with Gasteiger partial charge in [-0.25, -0.2) is 0 Å². The van der Waals surface area contributed by atoms with E-state index in [4.69, 9.17) is 0 Å². The predicted octanol–water partition coefficient (Wildman–Crippen LogP) is 3.54. The van der Waals surface area contributed by atoms with E-state index in [0.717, 1.165) is 22.0 Å². The lowest BCUT2D eigenvalue weighted by molar-refractivity contribution is -0.123. The zero-order chi connectivity index (χ0) is 15.8. The van der Waals surface area contributed by atoms with Crippen molar-refractivity contribution in [1.29, 1.82) is 0 Å². The molecule has 3 nitrogen and oxygen atoms in total. The minimum absolute atomic E-state index is 0.0471. The highest BCUT2D eigenvalue weighted by molar-refractivity contribution is 6.21. The van der Waals surface area contributed by atoms with Gasteiger partial charge in [0.05, 0.1) is 6.54 Å². The third-order valence-electron chi connectivity index (χ3n) is 4.32. The normalized spacial score (nSPS) is 17.9.